The Morgan fingerprint density at radius 1 is 0.551 bits per heavy atom. The van der Waals surface area contributed by atoms with Crippen LogP contribution in [0.25, 0.3) is 22.3 Å². The van der Waals surface area contributed by atoms with Gasteiger partial charge in [-0.05, 0) is 71.8 Å². The molecule has 0 aliphatic rings. The molecule has 3 aromatic carbocycles. The Balaban J connectivity index is 1.32. The number of carbonyl (C=O) groups is 1. The van der Waals surface area contributed by atoms with Crippen molar-refractivity contribution in [1.29, 1.82) is 0 Å². The number of hydrogen-bond donors (Lipinski definition) is 1. The molecular weight excluding hydrogens is 604 g/mol. The molecule has 3 aromatic rings. The molecule has 0 amide bonds. The first kappa shape index (κ1) is 40.3. The monoisotopic (exact) mass is 670 g/mol. The Morgan fingerprint density at radius 3 is 1.49 bits per heavy atom. The van der Waals surface area contributed by atoms with Crippen molar-refractivity contribution in [3.05, 3.63) is 77.9 Å². The molecule has 0 bridgehead atoms. The standard InChI is InChI=1S/C45H66O4/c1-4-6-8-9-10-11-12-13-14-15-16-17-18-19-20-21-22-23-35-48-37(3)41-30-33-43(45(46)47)44(36-41)40-26-24-38(25-27-40)39-28-31-42(32-29-39)49-34-7-5-2/h24-33,36-37H,4-23,34-35H2,1-3H3,(H,46,47). The number of unbranched alkanes of at least 4 members (excludes halogenated alkanes) is 18. The molecule has 0 heterocycles. The summed E-state index contributed by atoms with van der Waals surface area (Å²) in [4.78, 5) is 12.1. The first-order valence-corrected chi connectivity index (χ1v) is 19.9. The van der Waals surface area contributed by atoms with Gasteiger partial charge in [0.05, 0.1) is 18.3 Å². The van der Waals surface area contributed by atoms with Crippen LogP contribution < -0.4 is 4.74 Å². The van der Waals surface area contributed by atoms with E-state index in [2.05, 4.69) is 45.0 Å². The predicted molar refractivity (Wildman–Crippen MR) is 208 cm³/mol. The minimum Gasteiger partial charge on any atom is -0.494 e. The van der Waals surface area contributed by atoms with Crippen molar-refractivity contribution in [2.45, 2.75) is 155 Å². The molecule has 0 saturated carbocycles. The number of hydrogen-bond acceptors (Lipinski definition) is 3. The first-order chi connectivity index (χ1) is 24.0. The zero-order valence-electron chi connectivity index (χ0n) is 31.2. The van der Waals surface area contributed by atoms with E-state index in [1.807, 2.05) is 36.4 Å². The van der Waals surface area contributed by atoms with Crippen molar-refractivity contribution in [2.24, 2.45) is 0 Å². The summed E-state index contributed by atoms with van der Waals surface area (Å²) >= 11 is 0. The van der Waals surface area contributed by atoms with Gasteiger partial charge in [0.15, 0.2) is 0 Å². The summed E-state index contributed by atoms with van der Waals surface area (Å²) in [5.74, 6) is -0.0371. The minimum atomic E-state index is -0.920. The summed E-state index contributed by atoms with van der Waals surface area (Å²) in [6.45, 7) is 7.97. The lowest BCUT2D eigenvalue weighted by Gasteiger charge is -2.16. The van der Waals surface area contributed by atoms with Crippen molar-refractivity contribution in [3.8, 4) is 28.0 Å². The second-order valence-corrected chi connectivity index (χ2v) is 13.9. The number of ether oxygens (including phenoxy) is 2. The molecule has 0 spiro atoms. The van der Waals surface area contributed by atoms with E-state index in [0.29, 0.717) is 5.56 Å². The van der Waals surface area contributed by atoms with Gasteiger partial charge in [0.1, 0.15) is 5.75 Å². The van der Waals surface area contributed by atoms with E-state index in [4.69, 9.17) is 9.47 Å². The van der Waals surface area contributed by atoms with E-state index in [-0.39, 0.29) is 6.10 Å². The largest absolute Gasteiger partial charge is 0.494 e. The van der Waals surface area contributed by atoms with E-state index >= 15 is 0 Å². The molecule has 0 fully saturated rings. The molecule has 1 unspecified atom stereocenters. The molecule has 49 heavy (non-hydrogen) atoms. The molecule has 3 rings (SSSR count). The second kappa shape index (κ2) is 24.9. The van der Waals surface area contributed by atoms with E-state index in [1.54, 1.807) is 6.07 Å². The van der Waals surface area contributed by atoms with Gasteiger partial charge in [-0.15, -0.1) is 0 Å². The molecule has 4 heteroatoms. The van der Waals surface area contributed by atoms with Gasteiger partial charge in [-0.2, -0.15) is 0 Å². The molecular formula is C45H66O4. The van der Waals surface area contributed by atoms with Crippen molar-refractivity contribution in [1.82, 2.24) is 0 Å². The van der Waals surface area contributed by atoms with Crippen LogP contribution in [-0.4, -0.2) is 24.3 Å². The Hall–Kier alpha value is -3.11. The lowest BCUT2D eigenvalue weighted by atomic mass is 9.94. The quantitative estimate of drug-likeness (QED) is 0.0781. The molecule has 1 N–H and O–H groups in total. The zero-order chi connectivity index (χ0) is 34.9. The average molecular weight is 671 g/mol. The van der Waals surface area contributed by atoms with Crippen LogP contribution in [0.1, 0.15) is 171 Å². The lowest BCUT2D eigenvalue weighted by Crippen LogP contribution is -2.05. The topological polar surface area (TPSA) is 55.8 Å². The average Bonchev–Trinajstić information content (AvgIpc) is 3.12. The fourth-order valence-corrected chi connectivity index (χ4v) is 6.52. The van der Waals surface area contributed by atoms with Crippen LogP contribution in [-0.2, 0) is 4.74 Å². The fourth-order valence-electron chi connectivity index (χ4n) is 6.52. The Kier molecular flexibility index (Phi) is 20.5. The van der Waals surface area contributed by atoms with Crippen LogP contribution in [0.15, 0.2) is 66.7 Å². The van der Waals surface area contributed by atoms with Crippen LogP contribution >= 0.6 is 0 Å². The zero-order valence-corrected chi connectivity index (χ0v) is 31.2. The van der Waals surface area contributed by atoms with Crippen molar-refractivity contribution in [3.63, 3.8) is 0 Å². The number of carboxylic acid groups (broad SMARTS) is 1. The third-order valence-corrected chi connectivity index (χ3v) is 9.76. The molecule has 0 aliphatic carbocycles. The molecule has 4 nitrogen and oxygen atoms in total. The van der Waals surface area contributed by atoms with Gasteiger partial charge in [-0.1, -0.05) is 172 Å². The van der Waals surface area contributed by atoms with E-state index in [0.717, 1.165) is 66.0 Å². The maximum atomic E-state index is 12.1. The summed E-state index contributed by atoms with van der Waals surface area (Å²) < 4.78 is 12.0. The van der Waals surface area contributed by atoms with Crippen LogP contribution in [0, 0.1) is 0 Å². The van der Waals surface area contributed by atoms with E-state index in [1.165, 1.54) is 109 Å². The van der Waals surface area contributed by atoms with Gasteiger partial charge >= 0.3 is 5.97 Å². The molecule has 1 atom stereocenters. The number of benzene rings is 3. The third-order valence-electron chi connectivity index (χ3n) is 9.76. The normalized spacial score (nSPS) is 11.9. The minimum absolute atomic E-state index is 0.0928. The molecule has 0 aliphatic heterocycles. The Labute approximate surface area is 299 Å². The Morgan fingerprint density at radius 2 is 1.00 bits per heavy atom. The number of aromatic carboxylic acids is 1. The highest BCUT2D eigenvalue weighted by atomic mass is 16.5. The first-order valence-electron chi connectivity index (χ1n) is 19.9. The molecule has 0 saturated heterocycles. The van der Waals surface area contributed by atoms with Gasteiger partial charge in [-0.25, -0.2) is 4.79 Å². The number of carboxylic acids is 1. The van der Waals surface area contributed by atoms with Crippen molar-refractivity contribution >= 4 is 5.97 Å². The molecule has 0 radical (unpaired) electrons. The third kappa shape index (κ3) is 16.0. The smallest absolute Gasteiger partial charge is 0.336 e. The van der Waals surface area contributed by atoms with Crippen LogP contribution in [0.5, 0.6) is 5.75 Å². The van der Waals surface area contributed by atoms with Gasteiger partial charge < -0.3 is 14.6 Å². The van der Waals surface area contributed by atoms with Crippen LogP contribution in [0.2, 0.25) is 0 Å². The summed E-state index contributed by atoms with van der Waals surface area (Å²) in [6, 6.07) is 21.9. The maximum absolute atomic E-state index is 12.1. The number of rotatable bonds is 28. The summed E-state index contributed by atoms with van der Waals surface area (Å²) in [5, 5.41) is 9.93. The van der Waals surface area contributed by atoms with Gasteiger partial charge in [-0.3, -0.25) is 0 Å². The van der Waals surface area contributed by atoms with Gasteiger partial charge in [0.25, 0.3) is 0 Å². The molecule has 270 valence electrons. The van der Waals surface area contributed by atoms with E-state index in [9.17, 15) is 9.90 Å². The fraction of sp³-hybridized carbons (Fsp3) is 0.578. The lowest BCUT2D eigenvalue weighted by molar-refractivity contribution is 0.0625. The summed E-state index contributed by atoms with van der Waals surface area (Å²) in [6.07, 6.45) is 26.7. The highest BCUT2D eigenvalue weighted by molar-refractivity contribution is 5.96. The van der Waals surface area contributed by atoms with Crippen LogP contribution in [0.4, 0.5) is 0 Å². The summed E-state index contributed by atoms with van der Waals surface area (Å²) in [7, 11) is 0. The second-order valence-electron chi connectivity index (χ2n) is 13.9. The van der Waals surface area contributed by atoms with Crippen LogP contribution in [0.3, 0.4) is 0 Å². The highest BCUT2D eigenvalue weighted by Crippen LogP contribution is 2.31. The molecule has 0 aromatic heterocycles. The van der Waals surface area contributed by atoms with E-state index < -0.39 is 5.97 Å². The van der Waals surface area contributed by atoms with Gasteiger partial charge in [0.2, 0.25) is 0 Å². The van der Waals surface area contributed by atoms with Crippen molar-refractivity contribution in [2.75, 3.05) is 13.2 Å². The highest BCUT2D eigenvalue weighted by Gasteiger charge is 2.16. The summed E-state index contributed by atoms with van der Waals surface area (Å²) in [5.41, 5.74) is 5.10. The van der Waals surface area contributed by atoms with Crippen molar-refractivity contribution < 1.29 is 19.4 Å². The predicted octanol–water partition coefficient (Wildman–Crippen LogP) is 14.0. The maximum Gasteiger partial charge on any atom is 0.336 e. The SMILES string of the molecule is CCCCCCCCCCCCCCCCCCCCOC(C)c1ccc(C(=O)O)c(-c2ccc(-c3ccc(OCCCC)cc3)cc2)c1. The van der Waals surface area contributed by atoms with Gasteiger partial charge in [0, 0.05) is 6.61 Å². The Bertz CT molecular complexity index is 1280.